The van der Waals surface area contributed by atoms with Gasteiger partial charge >= 0.3 is 39.5 Å². The monoisotopic (exact) mass is 1020 g/mol. The van der Waals surface area contributed by atoms with Crippen molar-refractivity contribution < 1.29 is 80.2 Å². The predicted octanol–water partition coefficient (Wildman–Crippen LogP) is 12.1. The Hall–Kier alpha value is -1.94. The molecule has 19 heteroatoms. The van der Waals surface area contributed by atoms with Crippen LogP contribution in [0, 0.1) is 0 Å². The average molecular weight is 1020 g/mol. The SMILES string of the molecule is CCCCCCCCCCCCCCCCCC(=O)O[C@H](COC(=O)CCCCCC)COP(=O)(O)OC[C@@H](O)COP(=O)(O)OC[C@@H](COC(=O)CCCCCCC)OC(=O)CCCCCC. The summed E-state index contributed by atoms with van der Waals surface area (Å²) in [7, 11) is -9.82. The van der Waals surface area contributed by atoms with Crippen LogP contribution in [0.2, 0.25) is 0 Å². The normalized spacial score (nSPS) is 14.6. The minimum absolute atomic E-state index is 0.0951. The number of phosphoric acid groups is 2. The number of aliphatic hydroxyl groups is 1. The molecule has 0 amide bonds. The van der Waals surface area contributed by atoms with E-state index in [9.17, 15) is 43.2 Å². The summed E-state index contributed by atoms with van der Waals surface area (Å²) in [6.07, 6.45) is 25.4. The van der Waals surface area contributed by atoms with Gasteiger partial charge in [0.25, 0.3) is 0 Å². The minimum Gasteiger partial charge on any atom is -0.462 e. The highest BCUT2D eigenvalue weighted by Gasteiger charge is 2.30. The molecular formula is C49H94O17P2. The molecule has 0 spiro atoms. The summed E-state index contributed by atoms with van der Waals surface area (Å²) in [5.74, 6) is -2.20. The highest BCUT2D eigenvalue weighted by molar-refractivity contribution is 7.47. The molecule has 0 radical (unpaired) electrons. The van der Waals surface area contributed by atoms with Crippen molar-refractivity contribution in [1.29, 1.82) is 0 Å². The number of unbranched alkanes of at least 4 members (excludes halogenated alkanes) is 24. The number of phosphoric ester groups is 2. The second-order valence-corrected chi connectivity index (χ2v) is 20.8. The molecule has 0 aromatic carbocycles. The average Bonchev–Trinajstić information content (AvgIpc) is 3.31. The number of hydrogen-bond acceptors (Lipinski definition) is 15. The molecule has 68 heavy (non-hydrogen) atoms. The maximum atomic E-state index is 12.8. The zero-order valence-corrected chi connectivity index (χ0v) is 44.3. The number of hydrogen-bond donors (Lipinski definition) is 3. The molecule has 402 valence electrons. The van der Waals surface area contributed by atoms with Crippen molar-refractivity contribution in [3.63, 3.8) is 0 Å². The molecule has 5 atom stereocenters. The van der Waals surface area contributed by atoms with Crippen LogP contribution in [-0.2, 0) is 65.4 Å². The van der Waals surface area contributed by atoms with Crippen molar-refractivity contribution in [3.05, 3.63) is 0 Å². The van der Waals surface area contributed by atoms with Crippen molar-refractivity contribution in [1.82, 2.24) is 0 Å². The molecule has 0 aromatic rings. The number of esters is 4. The Morgan fingerprint density at radius 1 is 0.353 bits per heavy atom. The summed E-state index contributed by atoms with van der Waals surface area (Å²) in [5.41, 5.74) is 0. The standard InChI is InChI=1S/C49H94O17P2/c1-5-9-13-17-18-19-20-21-22-23-24-25-26-28-32-36-49(54)66-45(39-59-46(51)33-29-15-11-7-3)42-64-68(57,58)62-38-43(50)37-61-67(55,56)63-41-44(65-48(53)35-30-16-12-8-4)40-60-47(52)34-31-27-14-10-6-2/h43-45,50H,5-42H2,1-4H3,(H,55,56)(H,57,58)/t43-,44+,45+/m0/s1. The van der Waals surface area contributed by atoms with E-state index >= 15 is 0 Å². The van der Waals surface area contributed by atoms with Crippen LogP contribution < -0.4 is 0 Å². The fourth-order valence-corrected chi connectivity index (χ4v) is 8.56. The third kappa shape index (κ3) is 44.0. The fraction of sp³-hybridized carbons (Fsp3) is 0.918. The fourth-order valence-electron chi connectivity index (χ4n) is 6.98. The van der Waals surface area contributed by atoms with Gasteiger partial charge in [-0.15, -0.1) is 0 Å². The van der Waals surface area contributed by atoms with Gasteiger partial charge in [0.1, 0.15) is 19.3 Å². The lowest BCUT2D eigenvalue weighted by Gasteiger charge is -2.21. The summed E-state index contributed by atoms with van der Waals surface area (Å²) in [4.78, 5) is 70.5. The van der Waals surface area contributed by atoms with Crippen LogP contribution in [0.15, 0.2) is 0 Å². The zero-order chi connectivity index (χ0) is 50.6. The van der Waals surface area contributed by atoms with Crippen LogP contribution >= 0.6 is 15.6 Å². The maximum absolute atomic E-state index is 12.8. The molecule has 0 aromatic heterocycles. The second kappa shape index (κ2) is 45.0. The first kappa shape index (κ1) is 66.1. The van der Waals surface area contributed by atoms with Gasteiger partial charge in [-0.2, -0.15) is 0 Å². The Bertz CT molecular complexity index is 1350. The molecule has 0 saturated heterocycles. The van der Waals surface area contributed by atoms with Crippen LogP contribution in [0.4, 0.5) is 0 Å². The van der Waals surface area contributed by atoms with Gasteiger partial charge < -0.3 is 33.8 Å². The van der Waals surface area contributed by atoms with Crippen LogP contribution in [0.3, 0.4) is 0 Å². The molecule has 0 aliphatic rings. The molecule has 0 rings (SSSR count). The van der Waals surface area contributed by atoms with Crippen molar-refractivity contribution in [2.75, 3.05) is 39.6 Å². The van der Waals surface area contributed by atoms with Crippen LogP contribution in [0.1, 0.15) is 233 Å². The molecular weight excluding hydrogens is 922 g/mol. The van der Waals surface area contributed by atoms with E-state index < -0.39 is 97.5 Å². The Kier molecular flexibility index (Phi) is 43.7. The van der Waals surface area contributed by atoms with Gasteiger partial charge in [0, 0.05) is 25.7 Å². The number of rotatable bonds is 50. The molecule has 3 N–H and O–H groups in total. The molecule has 0 heterocycles. The molecule has 17 nitrogen and oxygen atoms in total. The van der Waals surface area contributed by atoms with Gasteiger partial charge in [-0.1, -0.05) is 182 Å². The van der Waals surface area contributed by atoms with E-state index in [0.717, 1.165) is 89.9 Å². The van der Waals surface area contributed by atoms with Gasteiger partial charge in [-0.25, -0.2) is 9.13 Å². The Morgan fingerprint density at radius 2 is 0.588 bits per heavy atom. The van der Waals surface area contributed by atoms with E-state index in [0.29, 0.717) is 25.7 Å². The molecule has 0 fully saturated rings. The quantitative estimate of drug-likeness (QED) is 0.0222. The smallest absolute Gasteiger partial charge is 0.462 e. The van der Waals surface area contributed by atoms with E-state index in [4.69, 9.17) is 37.0 Å². The summed E-state index contributed by atoms with van der Waals surface area (Å²) in [5, 5.41) is 10.4. The van der Waals surface area contributed by atoms with Gasteiger partial charge in [0.05, 0.1) is 26.4 Å². The number of carbonyl (C=O) groups excluding carboxylic acids is 4. The summed E-state index contributed by atoms with van der Waals surface area (Å²) < 4.78 is 66.6. The topological polar surface area (TPSA) is 237 Å². The van der Waals surface area contributed by atoms with E-state index in [2.05, 4.69) is 13.8 Å². The van der Waals surface area contributed by atoms with Gasteiger partial charge in [0.15, 0.2) is 12.2 Å². The Morgan fingerprint density at radius 3 is 0.882 bits per heavy atom. The Labute approximate surface area is 409 Å². The lowest BCUT2D eigenvalue weighted by Crippen LogP contribution is -2.30. The largest absolute Gasteiger partial charge is 0.472 e. The third-order valence-corrected chi connectivity index (χ3v) is 13.0. The third-order valence-electron chi connectivity index (χ3n) is 11.1. The van der Waals surface area contributed by atoms with Crippen molar-refractivity contribution in [3.8, 4) is 0 Å². The molecule has 0 bridgehead atoms. The number of ether oxygens (including phenoxy) is 4. The summed E-state index contributed by atoms with van der Waals surface area (Å²) >= 11 is 0. The lowest BCUT2D eigenvalue weighted by atomic mass is 10.0. The summed E-state index contributed by atoms with van der Waals surface area (Å²) in [6.45, 7) is 4.43. The first-order chi connectivity index (χ1) is 32.7. The molecule has 2 unspecified atom stereocenters. The van der Waals surface area contributed by atoms with Crippen LogP contribution in [0.25, 0.3) is 0 Å². The molecule has 0 saturated carbocycles. The number of aliphatic hydroxyl groups excluding tert-OH is 1. The number of carbonyl (C=O) groups is 4. The van der Waals surface area contributed by atoms with E-state index in [1.807, 2.05) is 13.8 Å². The minimum atomic E-state index is -4.92. The van der Waals surface area contributed by atoms with Crippen LogP contribution in [-0.4, -0.2) is 96.7 Å². The van der Waals surface area contributed by atoms with Gasteiger partial charge in [-0.3, -0.25) is 37.3 Å². The van der Waals surface area contributed by atoms with Gasteiger partial charge in [-0.05, 0) is 25.7 Å². The lowest BCUT2D eigenvalue weighted by molar-refractivity contribution is -0.161. The van der Waals surface area contributed by atoms with E-state index in [-0.39, 0.29) is 25.7 Å². The molecule has 0 aliphatic carbocycles. The first-order valence-electron chi connectivity index (χ1n) is 26.3. The summed E-state index contributed by atoms with van der Waals surface area (Å²) in [6, 6.07) is 0. The highest BCUT2D eigenvalue weighted by Crippen LogP contribution is 2.45. The van der Waals surface area contributed by atoms with E-state index in [1.165, 1.54) is 64.2 Å². The van der Waals surface area contributed by atoms with Crippen molar-refractivity contribution in [2.24, 2.45) is 0 Å². The van der Waals surface area contributed by atoms with Crippen LogP contribution in [0.5, 0.6) is 0 Å². The second-order valence-electron chi connectivity index (χ2n) is 17.8. The Balaban J connectivity index is 4.98. The van der Waals surface area contributed by atoms with Gasteiger partial charge in [0.2, 0.25) is 0 Å². The predicted molar refractivity (Wildman–Crippen MR) is 262 cm³/mol. The molecule has 0 aliphatic heterocycles. The highest BCUT2D eigenvalue weighted by atomic mass is 31.2. The van der Waals surface area contributed by atoms with Crippen molar-refractivity contribution >= 4 is 39.5 Å². The zero-order valence-electron chi connectivity index (χ0n) is 42.6. The van der Waals surface area contributed by atoms with Crippen molar-refractivity contribution in [2.45, 2.75) is 251 Å². The maximum Gasteiger partial charge on any atom is 0.472 e. The van der Waals surface area contributed by atoms with E-state index in [1.54, 1.807) is 0 Å². The first-order valence-corrected chi connectivity index (χ1v) is 29.3.